The van der Waals surface area contributed by atoms with Crippen LogP contribution >= 0.6 is 15.9 Å². The van der Waals surface area contributed by atoms with E-state index < -0.39 is 0 Å². The van der Waals surface area contributed by atoms with Crippen molar-refractivity contribution in [2.45, 2.75) is 46.1 Å². The van der Waals surface area contributed by atoms with E-state index in [2.05, 4.69) is 40.2 Å². The Morgan fingerprint density at radius 2 is 2.20 bits per heavy atom. The lowest BCUT2D eigenvalue weighted by atomic mass is 10.0. The maximum Gasteiger partial charge on any atom is 0.283 e. The Balaban J connectivity index is 1.70. The Morgan fingerprint density at radius 1 is 1.50 bits per heavy atom. The summed E-state index contributed by atoms with van der Waals surface area (Å²) in [5.41, 5.74) is 1.31. The van der Waals surface area contributed by atoms with Gasteiger partial charge < -0.3 is 5.32 Å². The van der Waals surface area contributed by atoms with E-state index in [4.69, 9.17) is 0 Å². The van der Waals surface area contributed by atoms with E-state index in [1.165, 1.54) is 30.4 Å². The van der Waals surface area contributed by atoms with E-state index in [0.717, 1.165) is 18.2 Å². The Hall–Kier alpha value is -0.840. The van der Waals surface area contributed by atoms with Crippen molar-refractivity contribution in [3.05, 3.63) is 21.0 Å². The Bertz CT molecular complexity index is 559. The van der Waals surface area contributed by atoms with Gasteiger partial charge in [-0.2, -0.15) is 5.10 Å². The smallest absolute Gasteiger partial charge is 0.283 e. The summed E-state index contributed by atoms with van der Waals surface area (Å²) in [5, 5.41) is 7.71. The molecule has 2 saturated carbocycles. The first-order valence-corrected chi connectivity index (χ1v) is 8.31. The average Bonchev–Trinajstić information content (AvgIpc) is 3.26. The van der Waals surface area contributed by atoms with Crippen molar-refractivity contribution < 1.29 is 0 Å². The number of nitrogens with zero attached hydrogens (tertiary/aromatic N) is 2. The normalized spacial score (nSPS) is 20.2. The highest BCUT2D eigenvalue weighted by molar-refractivity contribution is 9.10. The molecule has 0 aromatic carbocycles. The van der Waals surface area contributed by atoms with Gasteiger partial charge in [0, 0.05) is 13.1 Å². The molecule has 1 aromatic rings. The minimum Gasteiger partial charge on any atom is -0.382 e. The third-order valence-corrected chi connectivity index (χ3v) is 5.26. The van der Waals surface area contributed by atoms with Crippen molar-refractivity contribution >= 4 is 21.6 Å². The van der Waals surface area contributed by atoms with Gasteiger partial charge in [-0.15, -0.1) is 0 Å². The van der Waals surface area contributed by atoms with E-state index in [1.807, 2.05) is 0 Å². The highest BCUT2D eigenvalue weighted by Crippen LogP contribution is 2.61. The van der Waals surface area contributed by atoms with E-state index >= 15 is 0 Å². The minimum atomic E-state index is -0.0417. The second-order valence-electron chi connectivity index (χ2n) is 6.74. The molecule has 2 aliphatic rings. The van der Waals surface area contributed by atoms with Gasteiger partial charge in [0.25, 0.3) is 5.56 Å². The van der Waals surface area contributed by atoms with Crippen LogP contribution in [0.15, 0.2) is 15.5 Å². The molecule has 4 nitrogen and oxygen atoms in total. The van der Waals surface area contributed by atoms with E-state index in [-0.39, 0.29) is 5.56 Å². The first kappa shape index (κ1) is 14.1. The zero-order valence-corrected chi connectivity index (χ0v) is 13.7. The predicted molar refractivity (Wildman–Crippen MR) is 83.9 cm³/mol. The quantitative estimate of drug-likeness (QED) is 0.865. The van der Waals surface area contributed by atoms with Crippen molar-refractivity contribution in [2.24, 2.45) is 17.3 Å². The van der Waals surface area contributed by atoms with Gasteiger partial charge in [-0.1, -0.05) is 13.8 Å². The Kier molecular flexibility index (Phi) is 3.65. The van der Waals surface area contributed by atoms with Gasteiger partial charge in [0.15, 0.2) is 0 Å². The van der Waals surface area contributed by atoms with Crippen molar-refractivity contribution in [3.63, 3.8) is 0 Å². The van der Waals surface area contributed by atoms with Gasteiger partial charge in [0.05, 0.1) is 11.9 Å². The van der Waals surface area contributed by atoms with Crippen LogP contribution in [0, 0.1) is 17.3 Å². The summed E-state index contributed by atoms with van der Waals surface area (Å²) in [6.45, 7) is 5.80. The highest BCUT2D eigenvalue weighted by atomic mass is 79.9. The topological polar surface area (TPSA) is 46.9 Å². The first-order valence-electron chi connectivity index (χ1n) is 7.51. The number of halogens is 1. The molecule has 0 atom stereocenters. The van der Waals surface area contributed by atoms with Crippen molar-refractivity contribution in [1.82, 2.24) is 9.78 Å². The standard InChI is InChI=1S/C15H22BrN3O/c1-10(2)8-19-14(20)13(16)12(7-18-19)17-9-15(5-6-15)11-3-4-11/h7,10-11,17H,3-6,8-9H2,1-2H3. The fraction of sp³-hybridized carbons (Fsp3) is 0.733. The summed E-state index contributed by atoms with van der Waals surface area (Å²) < 4.78 is 2.15. The monoisotopic (exact) mass is 339 g/mol. The molecule has 1 heterocycles. The van der Waals surface area contributed by atoms with Crippen LogP contribution in [0.3, 0.4) is 0 Å². The van der Waals surface area contributed by atoms with Gasteiger partial charge in [-0.05, 0) is 58.9 Å². The molecule has 20 heavy (non-hydrogen) atoms. The summed E-state index contributed by atoms with van der Waals surface area (Å²) >= 11 is 3.43. The molecule has 2 aliphatic carbocycles. The van der Waals surface area contributed by atoms with Crippen LogP contribution in [0.2, 0.25) is 0 Å². The molecule has 0 aliphatic heterocycles. The van der Waals surface area contributed by atoms with E-state index in [0.29, 0.717) is 22.4 Å². The molecular weight excluding hydrogens is 318 g/mol. The van der Waals surface area contributed by atoms with Gasteiger partial charge in [-0.3, -0.25) is 4.79 Å². The fourth-order valence-electron chi connectivity index (χ4n) is 2.92. The molecule has 0 saturated heterocycles. The summed E-state index contributed by atoms with van der Waals surface area (Å²) in [6.07, 6.45) is 7.21. The van der Waals surface area contributed by atoms with E-state index in [1.54, 1.807) is 6.20 Å². The maximum absolute atomic E-state index is 12.2. The molecule has 0 bridgehead atoms. The summed E-state index contributed by atoms with van der Waals surface area (Å²) in [7, 11) is 0. The van der Waals surface area contributed by atoms with Crippen LogP contribution in [-0.2, 0) is 6.54 Å². The zero-order chi connectivity index (χ0) is 14.3. The van der Waals surface area contributed by atoms with Gasteiger partial charge in [-0.25, -0.2) is 4.68 Å². The lowest BCUT2D eigenvalue weighted by Crippen LogP contribution is -2.27. The van der Waals surface area contributed by atoms with Gasteiger partial charge >= 0.3 is 0 Å². The highest BCUT2D eigenvalue weighted by Gasteiger charge is 2.53. The summed E-state index contributed by atoms with van der Waals surface area (Å²) in [6, 6.07) is 0. The zero-order valence-electron chi connectivity index (χ0n) is 12.2. The summed E-state index contributed by atoms with van der Waals surface area (Å²) in [4.78, 5) is 12.2. The second kappa shape index (κ2) is 5.17. The van der Waals surface area contributed by atoms with Crippen molar-refractivity contribution in [1.29, 1.82) is 0 Å². The minimum absolute atomic E-state index is 0.0417. The van der Waals surface area contributed by atoms with Crippen LogP contribution in [0.25, 0.3) is 0 Å². The Labute approximate surface area is 128 Å². The summed E-state index contributed by atoms with van der Waals surface area (Å²) in [5.74, 6) is 1.33. The number of rotatable bonds is 6. The number of anilines is 1. The van der Waals surface area contributed by atoms with Gasteiger partial charge in [0.2, 0.25) is 0 Å². The largest absolute Gasteiger partial charge is 0.382 e. The first-order chi connectivity index (χ1) is 9.52. The van der Waals surface area contributed by atoms with Crippen LogP contribution in [0.5, 0.6) is 0 Å². The van der Waals surface area contributed by atoms with Crippen LogP contribution in [0.4, 0.5) is 5.69 Å². The third-order valence-electron chi connectivity index (χ3n) is 4.49. The van der Waals surface area contributed by atoms with Crippen molar-refractivity contribution in [2.75, 3.05) is 11.9 Å². The molecule has 0 spiro atoms. The molecule has 1 N–H and O–H groups in total. The molecule has 3 rings (SSSR count). The molecular formula is C15H22BrN3O. The predicted octanol–water partition coefficient (Wildman–Crippen LogP) is 3.26. The Morgan fingerprint density at radius 3 is 2.75 bits per heavy atom. The maximum atomic E-state index is 12.2. The van der Waals surface area contributed by atoms with Crippen LogP contribution in [-0.4, -0.2) is 16.3 Å². The molecule has 5 heteroatoms. The lowest BCUT2D eigenvalue weighted by molar-refractivity contribution is 0.458. The molecule has 0 amide bonds. The fourth-order valence-corrected chi connectivity index (χ4v) is 3.37. The number of aromatic nitrogens is 2. The van der Waals surface area contributed by atoms with Crippen LogP contribution < -0.4 is 10.9 Å². The molecule has 0 unspecified atom stereocenters. The van der Waals surface area contributed by atoms with Crippen LogP contribution in [0.1, 0.15) is 39.5 Å². The molecule has 2 fully saturated rings. The number of hydrogen-bond acceptors (Lipinski definition) is 3. The third kappa shape index (κ3) is 2.78. The second-order valence-corrected chi connectivity index (χ2v) is 7.54. The number of hydrogen-bond donors (Lipinski definition) is 1. The number of nitrogens with one attached hydrogen (secondary N) is 1. The van der Waals surface area contributed by atoms with Crippen molar-refractivity contribution in [3.8, 4) is 0 Å². The lowest BCUT2D eigenvalue weighted by Gasteiger charge is -2.17. The molecule has 0 radical (unpaired) electrons. The molecule has 1 aromatic heterocycles. The average molecular weight is 340 g/mol. The molecule has 110 valence electrons. The van der Waals surface area contributed by atoms with E-state index in [9.17, 15) is 4.79 Å². The SMILES string of the molecule is CC(C)Cn1ncc(NCC2(C3CC3)CC2)c(Br)c1=O. The van der Waals surface area contributed by atoms with Gasteiger partial charge in [0.1, 0.15) is 4.47 Å².